The topological polar surface area (TPSA) is 45.4 Å². The molecule has 1 N–H and O–H groups in total. The van der Waals surface area contributed by atoms with E-state index in [1.165, 1.54) is 5.56 Å². The number of aliphatic imine (C=N–C) groups is 1. The maximum absolute atomic E-state index is 8.61. The number of nitrogens with one attached hydrogen (secondary N) is 1. The van der Waals surface area contributed by atoms with E-state index in [-0.39, 0.29) is 0 Å². The van der Waals surface area contributed by atoms with Gasteiger partial charge in [-0.25, -0.2) is 4.99 Å². The van der Waals surface area contributed by atoms with Crippen LogP contribution in [0.3, 0.4) is 0 Å². The highest BCUT2D eigenvalue weighted by molar-refractivity contribution is 8.13. The number of benzene rings is 3. The molecule has 0 aliphatic rings. The van der Waals surface area contributed by atoms with Gasteiger partial charge in [-0.15, -0.1) is 11.8 Å². The van der Waals surface area contributed by atoms with Crippen molar-refractivity contribution >= 4 is 28.2 Å². The minimum absolute atomic E-state index is 0.503. The molecule has 3 aromatic rings. The van der Waals surface area contributed by atoms with Crippen molar-refractivity contribution in [1.82, 2.24) is 0 Å². The van der Waals surface area contributed by atoms with Crippen LogP contribution < -0.4 is 4.74 Å². The number of aryl methyl sites for hydroxylation is 1. The molecule has 3 nitrogen and oxygen atoms in total. The van der Waals surface area contributed by atoms with Crippen molar-refractivity contribution in [3.8, 4) is 5.75 Å². The predicted molar refractivity (Wildman–Crippen MR) is 125 cm³/mol. The van der Waals surface area contributed by atoms with Gasteiger partial charge in [-0.1, -0.05) is 60.7 Å². The van der Waals surface area contributed by atoms with Crippen LogP contribution in [0.2, 0.25) is 0 Å². The smallest absolute Gasteiger partial charge is 0.118 e. The molecular formula is C25H26N2OS. The van der Waals surface area contributed by atoms with Gasteiger partial charge in [-0.2, -0.15) is 0 Å². The minimum atomic E-state index is 0.503. The number of nitrogens with zero attached hydrogens (tertiary/aromatic N) is 1. The van der Waals surface area contributed by atoms with Gasteiger partial charge in [-0.05, 0) is 49.3 Å². The molecular weight excluding hydrogens is 376 g/mol. The van der Waals surface area contributed by atoms with Gasteiger partial charge in [0.2, 0.25) is 0 Å². The van der Waals surface area contributed by atoms with Gasteiger partial charge in [0.15, 0.2) is 0 Å². The third-order valence-electron chi connectivity index (χ3n) is 4.73. The molecule has 0 saturated carbocycles. The lowest BCUT2D eigenvalue weighted by Gasteiger charge is -2.10. The van der Waals surface area contributed by atoms with E-state index in [1.54, 1.807) is 18.9 Å². The van der Waals surface area contributed by atoms with E-state index in [0.29, 0.717) is 5.71 Å². The van der Waals surface area contributed by atoms with Gasteiger partial charge in [0, 0.05) is 11.1 Å². The summed E-state index contributed by atoms with van der Waals surface area (Å²) in [6.07, 6.45) is 5.02. The van der Waals surface area contributed by atoms with Crippen LogP contribution in [-0.4, -0.2) is 24.1 Å². The molecule has 0 spiro atoms. The Morgan fingerprint density at radius 3 is 2.31 bits per heavy atom. The van der Waals surface area contributed by atoms with Gasteiger partial charge in [0.25, 0.3) is 0 Å². The molecule has 3 aromatic carbocycles. The molecule has 4 heteroatoms. The van der Waals surface area contributed by atoms with Gasteiger partial charge >= 0.3 is 0 Å². The van der Waals surface area contributed by atoms with Crippen molar-refractivity contribution in [3.63, 3.8) is 0 Å². The van der Waals surface area contributed by atoms with Crippen molar-refractivity contribution in [2.45, 2.75) is 19.3 Å². The first kappa shape index (κ1) is 20.9. The van der Waals surface area contributed by atoms with E-state index < -0.39 is 0 Å². The summed E-state index contributed by atoms with van der Waals surface area (Å²) in [7, 11) is 1.69. The summed E-state index contributed by atoms with van der Waals surface area (Å²) in [5.74, 6) is 0.887. The molecule has 0 atom stereocenters. The number of ether oxygens (including phenoxy) is 1. The summed E-state index contributed by atoms with van der Waals surface area (Å²) in [6, 6.07) is 26.0. The number of hydrogen-bond acceptors (Lipinski definition) is 4. The van der Waals surface area contributed by atoms with Crippen molar-refractivity contribution < 1.29 is 4.74 Å². The van der Waals surface area contributed by atoms with E-state index in [4.69, 9.17) is 15.1 Å². The molecule has 0 heterocycles. The van der Waals surface area contributed by atoms with Crippen LogP contribution in [0, 0.1) is 5.41 Å². The van der Waals surface area contributed by atoms with Crippen LogP contribution in [0.1, 0.15) is 29.5 Å². The van der Waals surface area contributed by atoms with E-state index >= 15 is 0 Å². The molecule has 148 valence electrons. The number of rotatable bonds is 8. The highest BCUT2D eigenvalue weighted by atomic mass is 32.2. The lowest BCUT2D eigenvalue weighted by molar-refractivity contribution is 0.414. The standard InChI is InChI=1S/C25H26N2OS/c1-28-21-17-15-19(16-18-21)9-8-14-24(29-2)27-23-13-7-6-12-22(23)25(26)20-10-4-3-5-11-20/h3-7,10-13,15-18,26H,8-9,14H2,1-2H3. The van der Waals surface area contributed by atoms with Crippen molar-refractivity contribution in [2.75, 3.05) is 13.4 Å². The zero-order valence-corrected chi connectivity index (χ0v) is 17.7. The van der Waals surface area contributed by atoms with Crippen LogP contribution in [0.25, 0.3) is 0 Å². The Morgan fingerprint density at radius 1 is 0.931 bits per heavy atom. The van der Waals surface area contributed by atoms with Crippen molar-refractivity contribution in [3.05, 3.63) is 95.6 Å². The van der Waals surface area contributed by atoms with Crippen molar-refractivity contribution in [1.29, 1.82) is 5.41 Å². The maximum atomic E-state index is 8.61. The Kier molecular flexibility index (Phi) is 7.65. The molecule has 0 aliphatic carbocycles. The lowest BCUT2D eigenvalue weighted by atomic mass is 10.0. The summed E-state index contributed by atoms with van der Waals surface area (Å²) >= 11 is 1.68. The first-order valence-electron chi connectivity index (χ1n) is 9.69. The van der Waals surface area contributed by atoms with E-state index in [1.807, 2.05) is 66.7 Å². The lowest BCUT2D eigenvalue weighted by Crippen LogP contribution is -2.02. The summed E-state index contributed by atoms with van der Waals surface area (Å²) in [6.45, 7) is 0. The fourth-order valence-corrected chi connectivity index (χ4v) is 3.65. The number of para-hydroxylation sites is 1. The Labute approximate surface area is 177 Å². The molecule has 0 aliphatic heterocycles. The Morgan fingerprint density at radius 2 is 1.62 bits per heavy atom. The summed E-state index contributed by atoms with van der Waals surface area (Å²) < 4.78 is 5.22. The average molecular weight is 403 g/mol. The predicted octanol–water partition coefficient (Wildman–Crippen LogP) is 6.53. The Hall–Kier alpha value is -2.85. The molecule has 0 bridgehead atoms. The fourth-order valence-electron chi connectivity index (χ4n) is 3.12. The summed E-state index contributed by atoms with van der Waals surface area (Å²) in [5, 5.41) is 9.70. The Bertz CT molecular complexity index is 966. The van der Waals surface area contributed by atoms with Gasteiger partial charge in [-0.3, -0.25) is 5.41 Å². The molecule has 0 unspecified atom stereocenters. The first-order chi connectivity index (χ1) is 14.2. The molecule has 0 fully saturated rings. The second-order valence-electron chi connectivity index (χ2n) is 6.67. The van der Waals surface area contributed by atoms with Gasteiger partial charge < -0.3 is 4.74 Å². The van der Waals surface area contributed by atoms with Gasteiger partial charge in [0.05, 0.1) is 23.6 Å². The van der Waals surface area contributed by atoms with E-state index in [0.717, 1.165) is 46.9 Å². The van der Waals surface area contributed by atoms with E-state index in [2.05, 4.69) is 18.4 Å². The van der Waals surface area contributed by atoms with Crippen LogP contribution in [0.15, 0.2) is 83.9 Å². The third kappa shape index (κ3) is 5.81. The van der Waals surface area contributed by atoms with Gasteiger partial charge in [0.1, 0.15) is 5.75 Å². The summed E-state index contributed by atoms with van der Waals surface area (Å²) in [5.41, 5.74) is 4.43. The van der Waals surface area contributed by atoms with Crippen LogP contribution in [0.5, 0.6) is 5.75 Å². The largest absolute Gasteiger partial charge is 0.497 e. The molecule has 3 rings (SSSR count). The molecule has 0 amide bonds. The van der Waals surface area contributed by atoms with Crippen LogP contribution >= 0.6 is 11.8 Å². The highest BCUT2D eigenvalue weighted by Gasteiger charge is 2.10. The monoisotopic (exact) mass is 402 g/mol. The quantitative estimate of drug-likeness (QED) is 0.344. The molecule has 0 aromatic heterocycles. The first-order valence-corrected chi connectivity index (χ1v) is 10.9. The third-order valence-corrected chi connectivity index (χ3v) is 5.50. The summed E-state index contributed by atoms with van der Waals surface area (Å²) in [4.78, 5) is 4.90. The van der Waals surface area contributed by atoms with Crippen molar-refractivity contribution in [2.24, 2.45) is 4.99 Å². The zero-order valence-electron chi connectivity index (χ0n) is 16.9. The fraction of sp³-hybridized carbons (Fsp3) is 0.200. The van der Waals surface area contributed by atoms with Crippen LogP contribution in [0.4, 0.5) is 5.69 Å². The molecule has 0 saturated heterocycles. The maximum Gasteiger partial charge on any atom is 0.118 e. The normalized spacial score (nSPS) is 11.3. The second-order valence-corrected chi connectivity index (χ2v) is 7.55. The minimum Gasteiger partial charge on any atom is -0.497 e. The number of methoxy groups -OCH3 is 1. The Balaban J connectivity index is 1.71. The second kappa shape index (κ2) is 10.6. The van der Waals surface area contributed by atoms with Crippen LogP contribution in [-0.2, 0) is 6.42 Å². The average Bonchev–Trinajstić information content (AvgIpc) is 2.79. The molecule has 0 radical (unpaired) electrons. The SMILES string of the molecule is COc1ccc(CCCC(=Nc2ccccc2C(=N)c2ccccc2)SC)cc1. The highest BCUT2D eigenvalue weighted by Crippen LogP contribution is 2.25. The number of thioether (sulfide) groups is 1. The zero-order chi connectivity index (χ0) is 20.5. The number of hydrogen-bond donors (Lipinski definition) is 1. The molecule has 29 heavy (non-hydrogen) atoms. The van der Waals surface area contributed by atoms with E-state index in [9.17, 15) is 0 Å².